The van der Waals surface area contributed by atoms with E-state index in [9.17, 15) is 4.79 Å². The third-order valence-electron chi connectivity index (χ3n) is 3.23. The maximum Gasteiger partial charge on any atom is 0.221 e. The van der Waals surface area contributed by atoms with Gasteiger partial charge >= 0.3 is 0 Å². The Morgan fingerprint density at radius 1 is 1.50 bits per heavy atom. The van der Waals surface area contributed by atoms with Crippen LogP contribution in [0.15, 0.2) is 29.2 Å². The van der Waals surface area contributed by atoms with Gasteiger partial charge in [0.25, 0.3) is 0 Å². The number of benzene rings is 1. The highest BCUT2D eigenvalue weighted by Gasteiger charge is 2.22. The highest BCUT2D eigenvalue weighted by molar-refractivity contribution is 8.00. The van der Waals surface area contributed by atoms with E-state index in [-0.39, 0.29) is 5.91 Å². The fourth-order valence-corrected chi connectivity index (χ4v) is 3.62. The third-order valence-corrected chi connectivity index (χ3v) is 4.53. The monoisotopic (exact) mass is 264 g/mol. The van der Waals surface area contributed by atoms with E-state index in [0.717, 1.165) is 19.5 Å². The van der Waals surface area contributed by atoms with E-state index in [1.807, 2.05) is 11.8 Å². The summed E-state index contributed by atoms with van der Waals surface area (Å²) in [7, 11) is 3.78. The van der Waals surface area contributed by atoms with E-state index in [2.05, 4.69) is 41.5 Å². The number of fused-ring (bicyclic) bond motifs is 1. The summed E-state index contributed by atoms with van der Waals surface area (Å²) in [5.41, 5.74) is 1.47. The van der Waals surface area contributed by atoms with Crippen molar-refractivity contribution in [3.63, 3.8) is 0 Å². The lowest BCUT2D eigenvalue weighted by Crippen LogP contribution is -2.31. The van der Waals surface area contributed by atoms with Gasteiger partial charge < -0.3 is 10.2 Å². The second-order valence-corrected chi connectivity index (χ2v) is 6.08. The van der Waals surface area contributed by atoms with Gasteiger partial charge in [-0.25, -0.2) is 0 Å². The fraction of sp³-hybridized carbons (Fsp3) is 0.500. The topological polar surface area (TPSA) is 32.3 Å². The van der Waals surface area contributed by atoms with Crippen LogP contribution in [-0.2, 0) is 11.2 Å². The van der Waals surface area contributed by atoms with Gasteiger partial charge in [-0.15, -0.1) is 11.8 Å². The van der Waals surface area contributed by atoms with Crippen LogP contribution < -0.4 is 5.32 Å². The minimum atomic E-state index is 0.115. The summed E-state index contributed by atoms with van der Waals surface area (Å²) in [6.07, 6.45) is 1.72. The lowest BCUT2D eigenvalue weighted by atomic mass is 10.1. The highest BCUT2D eigenvalue weighted by atomic mass is 32.2. The van der Waals surface area contributed by atoms with E-state index in [4.69, 9.17) is 0 Å². The molecule has 1 N–H and O–H groups in total. The molecule has 0 aromatic heterocycles. The molecule has 3 nitrogen and oxygen atoms in total. The van der Waals surface area contributed by atoms with Gasteiger partial charge in [-0.3, -0.25) is 4.79 Å². The summed E-state index contributed by atoms with van der Waals surface area (Å²) in [6.45, 7) is 1.86. The van der Waals surface area contributed by atoms with Crippen LogP contribution in [0.1, 0.15) is 12.0 Å². The van der Waals surface area contributed by atoms with Gasteiger partial charge in [0.05, 0.1) is 0 Å². The third kappa shape index (κ3) is 3.50. The van der Waals surface area contributed by atoms with Crippen LogP contribution in [0.25, 0.3) is 0 Å². The summed E-state index contributed by atoms with van der Waals surface area (Å²) in [4.78, 5) is 14.9. The zero-order valence-corrected chi connectivity index (χ0v) is 11.8. The number of hydrogen-bond acceptors (Lipinski definition) is 3. The van der Waals surface area contributed by atoms with Gasteiger partial charge in [0.15, 0.2) is 0 Å². The van der Waals surface area contributed by atoms with E-state index in [1.54, 1.807) is 7.05 Å². The molecule has 0 saturated heterocycles. The average Bonchev–Trinajstić information content (AvgIpc) is 2.77. The Labute approximate surface area is 113 Å². The summed E-state index contributed by atoms with van der Waals surface area (Å²) >= 11 is 1.96. The molecule has 0 aliphatic carbocycles. The zero-order chi connectivity index (χ0) is 13.0. The first kappa shape index (κ1) is 13.4. The predicted molar refractivity (Wildman–Crippen MR) is 76.0 cm³/mol. The molecule has 1 aromatic rings. The Kier molecular flexibility index (Phi) is 4.66. The summed E-state index contributed by atoms with van der Waals surface area (Å²) in [5, 5.41) is 3.28. The standard InChI is InChI=1S/C14H20N2OS/c1-15-14(17)7-8-16(2)10-12-9-11-5-3-4-6-13(11)18-12/h3-6,12H,7-10H2,1-2H3,(H,15,17). The first-order chi connectivity index (χ1) is 8.69. The Balaban J connectivity index is 1.77. The Bertz CT molecular complexity index is 397. The molecule has 1 aromatic carbocycles. The molecule has 0 saturated carbocycles. The number of carbonyl (C=O) groups excluding carboxylic acids is 1. The number of amides is 1. The zero-order valence-electron chi connectivity index (χ0n) is 11.0. The maximum absolute atomic E-state index is 11.2. The van der Waals surface area contributed by atoms with Crippen molar-refractivity contribution >= 4 is 17.7 Å². The van der Waals surface area contributed by atoms with E-state index >= 15 is 0 Å². The second-order valence-electron chi connectivity index (χ2n) is 4.74. The SMILES string of the molecule is CNC(=O)CCN(C)CC1Cc2ccccc2S1. The minimum absolute atomic E-state index is 0.115. The van der Waals surface area contributed by atoms with E-state index in [0.29, 0.717) is 11.7 Å². The van der Waals surface area contributed by atoms with Gasteiger partial charge in [-0.1, -0.05) is 18.2 Å². The van der Waals surface area contributed by atoms with Gasteiger partial charge in [0.2, 0.25) is 5.91 Å². The molecular formula is C14H20N2OS. The smallest absolute Gasteiger partial charge is 0.221 e. The molecule has 1 unspecified atom stereocenters. The van der Waals surface area contributed by atoms with Crippen molar-refractivity contribution < 1.29 is 4.79 Å². The quantitative estimate of drug-likeness (QED) is 0.880. The number of nitrogens with one attached hydrogen (secondary N) is 1. The number of rotatable bonds is 5. The molecule has 4 heteroatoms. The Morgan fingerprint density at radius 2 is 2.28 bits per heavy atom. The summed E-state index contributed by atoms with van der Waals surface area (Å²) in [5.74, 6) is 0.115. The van der Waals surface area contributed by atoms with Crippen LogP contribution in [0.5, 0.6) is 0 Å². The molecule has 1 aliphatic rings. The lowest BCUT2D eigenvalue weighted by molar-refractivity contribution is -0.120. The predicted octanol–water partition coefficient (Wildman–Crippen LogP) is 1.77. The molecule has 0 radical (unpaired) electrons. The molecule has 2 rings (SSSR count). The number of nitrogens with zero attached hydrogens (tertiary/aromatic N) is 1. The molecular weight excluding hydrogens is 244 g/mol. The summed E-state index contributed by atoms with van der Waals surface area (Å²) in [6, 6.07) is 8.62. The number of thioether (sulfide) groups is 1. The molecule has 1 amide bonds. The van der Waals surface area contributed by atoms with Crippen molar-refractivity contribution in [1.29, 1.82) is 0 Å². The molecule has 1 heterocycles. The van der Waals surface area contributed by atoms with Crippen molar-refractivity contribution in [3.8, 4) is 0 Å². The van der Waals surface area contributed by atoms with Gasteiger partial charge in [-0.05, 0) is 25.1 Å². The van der Waals surface area contributed by atoms with Crippen molar-refractivity contribution in [2.75, 3.05) is 27.2 Å². The molecule has 0 spiro atoms. The molecule has 98 valence electrons. The number of carbonyl (C=O) groups is 1. The van der Waals surface area contributed by atoms with Crippen LogP contribution in [0, 0.1) is 0 Å². The lowest BCUT2D eigenvalue weighted by Gasteiger charge is -2.19. The van der Waals surface area contributed by atoms with Gasteiger partial charge in [-0.2, -0.15) is 0 Å². The Morgan fingerprint density at radius 3 is 3.00 bits per heavy atom. The molecule has 1 atom stereocenters. The maximum atomic E-state index is 11.2. The van der Waals surface area contributed by atoms with E-state index in [1.165, 1.54) is 10.5 Å². The first-order valence-corrected chi connectivity index (χ1v) is 7.20. The van der Waals surface area contributed by atoms with Crippen molar-refractivity contribution in [3.05, 3.63) is 29.8 Å². The highest BCUT2D eigenvalue weighted by Crippen LogP contribution is 2.36. The summed E-state index contributed by atoms with van der Waals surface area (Å²) < 4.78 is 0. The molecule has 18 heavy (non-hydrogen) atoms. The normalized spacial score (nSPS) is 17.8. The Hall–Kier alpha value is -1.00. The van der Waals surface area contributed by atoms with E-state index < -0.39 is 0 Å². The van der Waals surface area contributed by atoms with Crippen LogP contribution >= 0.6 is 11.8 Å². The van der Waals surface area contributed by atoms with Gasteiger partial charge in [0, 0.05) is 36.7 Å². The van der Waals surface area contributed by atoms with Crippen molar-refractivity contribution in [2.24, 2.45) is 0 Å². The average molecular weight is 264 g/mol. The second kappa shape index (κ2) is 6.25. The molecule has 0 fully saturated rings. The van der Waals surface area contributed by atoms with Crippen molar-refractivity contribution in [1.82, 2.24) is 10.2 Å². The van der Waals surface area contributed by atoms with Gasteiger partial charge in [0.1, 0.15) is 0 Å². The van der Waals surface area contributed by atoms with Crippen LogP contribution in [0.3, 0.4) is 0 Å². The fourth-order valence-electron chi connectivity index (χ4n) is 2.21. The largest absolute Gasteiger partial charge is 0.359 e. The molecule has 0 bridgehead atoms. The van der Waals surface area contributed by atoms with Crippen LogP contribution in [0.4, 0.5) is 0 Å². The van der Waals surface area contributed by atoms with Crippen molar-refractivity contribution in [2.45, 2.75) is 23.0 Å². The first-order valence-electron chi connectivity index (χ1n) is 6.32. The minimum Gasteiger partial charge on any atom is -0.359 e. The van der Waals surface area contributed by atoms with Crippen LogP contribution in [-0.4, -0.2) is 43.2 Å². The number of hydrogen-bond donors (Lipinski definition) is 1. The van der Waals surface area contributed by atoms with Crippen LogP contribution in [0.2, 0.25) is 0 Å². The molecule has 1 aliphatic heterocycles.